The third-order valence-corrected chi connectivity index (χ3v) is 7.15. The number of thioether (sulfide) groups is 1. The minimum Gasteiger partial charge on any atom is -0.494 e. The number of nitro benzene ring substituents is 2. The predicted octanol–water partition coefficient (Wildman–Crippen LogP) is 5.59. The van der Waals surface area contributed by atoms with Gasteiger partial charge >= 0.3 is 0 Å². The van der Waals surface area contributed by atoms with E-state index in [4.69, 9.17) is 4.74 Å². The van der Waals surface area contributed by atoms with Gasteiger partial charge in [-0.1, -0.05) is 17.8 Å². The molecule has 216 valence electrons. The number of nitrogens with zero attached hydrogens (tertiary/aromatic N) is 5. The third-order valence-electron chi connectivity index (χ3n) is 6.03. The minimum absolute atomic E-state index is 0.0261. The van der Waals surface area contributed by atoms with E-state index in [1.54, 1.807) is 44.2 Å². The first-order valence-electron chi connectivity index (χ1n) is 12.7. The fourth-order valence-electron chi connectivity index (χ4n) is 3.95. The van der Waals surface area contributed by atoms with Crippen molar-refractivity contribution < 1.29 is 24.2 Å². The lowest BCUT2D eigenvalue weighted by atomic mass is 10.1. The number of rotatable bonds is 10. The lowest BCUT2D eigenvalue weighted by molar-refractivity contribution is -0.384. The number of aliphatic imine (C=N–C) groups is 1. The summed E-state index contributed by atoms with van der Waals surface area (Å²) in [5, 5.41) is 29.9. The second-order valence-electron chi connectivity index (χ2n) is 9.10. The number of aryl methyl sites for hydroxylation is 1. The molecule has 0 spiro atoms. The zero-order valence-electron chi connectivity index (χ0n) is 22.8. The van der Waals surface area contributed by atoms with Gasteiger partial charge in [-0.2, -0.15) is 10.1 Å². The Kier molecular flexibility index (Phi) is 9.27. The number of ether oxygens (including phenoxy) is 1. The maximum atomic E-state index is 13.5. The Balaban J connectivity index is 1.61. The monoisotopic (exact) mass is 590 g/mol. The maximum Gasteiger partial charge on any atom is 0.293 e. The van der Waals surface area contributed by atoms with Gasteiger partial charge < -0.3 is 10.1 Å². The molecule has 0 aliphatic carbocycles. The molecule has 2 amide bonds. The molecule has 0 radical (unpaired) electrons. The molecule has 1 N–H and O–H groups in total. The number of amides is 2. The van der Waals surface area contributed by atoms with Crippen LogP contribution in [0.2, 0.25) is 0 Å². The molecule has 0 bridgehead atoms. The molecule has 1 unspecified atom stereocenters. The lowest BCUT2D eigenvalue weighted by Crippen LogP contribution is -2.30. The standard InChI is InChI=1S/C28H26N6O7S/c1-4-41-22-12-8-20(9-13-22)29-28-32(31-18(3)19-6-10-21(11-7-19)33(37)38)27(36)25(42-28)16-26(35)30-23-14-5-17(2)15-24(23)34(39)40/h5-15,25H,4,16H2,1-3H3,(H,30,35). The summed E-state index contributed by atoms with van der Waals surface area (Å²) in [7, 11) is 0. The van der Waals surface area contributed by atoms with Gasteiger partial charge in [0.15, 0.2) is 5.17 Å². The van der Waals surface area contributed by atoms with E-state index in [1.165, 1.54) is 36.4 Å². The highest BCUT2D eigenvalue weighted by Crippen LogP contribution is 2.34. The van der Waals surface area contributed by atoms with Crippen molar-refractivity contribution in [2.75, 3.05) is 11.9 Å². The Morgan fingerprint density at radius 2 is 1.74 bits per heavy atom. The summed E-state index contributed by atoms with van der Waals surface area (Å²) in [6.45, 7) is 5.71. The molecule has 1 saturated heterocycles. The van der Waals surface area contributed by atoms with E-state index in [2.05, 4.69) is 15.4 Å². The first-order valence-corrected chi connectivity index (χ1v) is 13.6. The number of nitrogens with one attached hydrogen (secondary N) is 1. The Bertz CT molecular complexity index is 1590. The third kappa shape index (κ3) is 7.14. The van der Waals surface area contributed by atoms with Crippen molar-refractivity contribution in [2.24, 2.45) is 10.1 Å². The second-order valence-corrected chi connectivity index (χ2v) is 10.3. The molecule has 1 heterocycles. The molecule has 14 heteroatoms. The van der Waals surface area contributed by atoms with Crippen LogP contribution >= 0.6 is 11.8 Å². The first-order chi connectivity index (χ1) is 20.0. The van der Waals surface area contributed by atoms with Crippen molar-refractivity contribution >= 4 is 57.2 Å². The summed E-state index contributed by atoms with van der Waals surface area (Å²) in [5.41, 5.74) is 1.80. The lowest BCUT2D eigenvalue weighted by Gasteiger charge is -2.12. The molecule has 0 saturated carbocycles. The fraction of sp³-hybridized carbons (Fsp3) is 0.214. The van der Waals surface area contributed by atoms with E-state index < -0.39 is 26.9 Å². The van der Waals surface area contributed by atoms with Crippen LogP contribution < -0.4 is 10.1 Å². The number of carbonyl (C=O) groups is 2. The Hall–Kier alpha value is -5.11. The van der Waals surface area contributed by atoms with Gasteiger partial charge in [-0.25, -0.2) is 4.99 Å². The highest BCUT2D eigenvalue weighted by atomic mass is 32.2. The van der Waals surface area contributed by atoms with Crippen molar-refractivity contribution in [2.45, 2.75) is 32.4 Å². The van der Waals surface area contributed by atoms with Crippen molar-refractivity contribution in [3.8, 4) is 5.75 Å². The minimum atomic E-state index is -0.913. The summed E-state index contributed by atoms with van der Waals surface area (Å²) in [6.07, 6.45) is -0.292. The number of hydrogen-bond acceptors (Lipinski definition) is 10. The van der Waals surface area contributed by atoms with Crippen LogP contribution in [0.15, 0.2) is 76.8 Å². The Morgan fingerprint density at radius 1 is 1.05 bits per heavy atom. The molecule has 42 heavy (non-hydrogen) atoms. The van der Waals surface area contributed by atoms with Crippen LogP contribution in [0.5, 0.6) is 5.75 Å². The number of nitro groups is 2. The normalized spacial score (nSPS) is 16.0. The molecule has 1 fully saturated rings. The Labute approximate surface area is 244 Å². The van der Waals surface area contributed by atoms with Crippen molar-refractivity contribution in [1.82, 2.24) is 5.01 Å². The van der Waals surface area contributed by atoms with Gasteiger partial charge in [0.2, 0.25) is 5.91 Å². The van der Waals surface area contributed by atoms with Gasteiger partial charge in [0.05, 0.1) is 27.9 Å². The van der Waals surface area contributed by atoms with Gasteiger partial charge in [-0.3, -0.25) is 29.8 Å². The molecule has 1 atom stereocenters. The molecule has 3 aromatic rings. The summed E-state index contributed by atoms with van der Waals surface area (Å²) >= 11 is 1.04. The van der Waals surface area contributed by atoms with Crippen LogP contribution in [-0.4, -0.2) is 49.4 Å². The number of hydrazone groups is 1. The second kappa shape index (κ2) is 13.0. The van der Waals surface area contributed by atoms with Gasteiger partial charge in [0, 0.05) is 24.6 Å². The van der Waals surface area contributed by atoms with Crippen LogP contribution in [0.25, 0.3) is 0 Å². The largest absolute Gasteiger partial charge is 0.494 e. The molecule has 1 aliphatic heterocycles. The summed E-state index contributed by atoms with van der Waals surface area (Å²) in [5.74, 6) is -0.453. The molecule has 1 aliphatic rings. The molecule has 13 nitrogen and oxygen atoms in total. The van der Waals surface area contributed by atoms with Gasteiger partial charge in [0.25, 0.3) is 17.3 Å². The predicted molar refractivity (Wildman–Crippen MR) is 159 cm³/mol. The number of carbonyl (C=O) groups excluding carboxylic acids is 2. The van der Waals surface area contributed by atoms with Crippen molar-refractivity contribution in [3.05, 3.63) is 98.1 Å². The van der Waals surface area contributed by atoms with Gasteiger partial charge in [-0.05, 0) is 74.4 Å². The van der Waals surface area contributed by atoms with E-state index in [-0.39, 0.29) is 28.7 Å². The van der Waals surface area contributed by atoms with E-state index in [9.17, 15) is 29.8 Å². The quantitative estimate of drug-likeness (QED) is 0.181. The van der Waals surface area contributed by atoms with Crippen LogP contribution in [-0.2, 0) is 9.59 Å². The summed E-state index contributed by atoms with van der Waals surface area (Å²) in [4.78, 5) is 52.3. The average Bonchev–Trinajstić information content (AvgIpc) is 3.23. The highest BCUT2D eigenvalue weighted by Gasteiger charge is 2.40. The molecule has 3 aromatic carbocycles. The maximum absolute atomic E-state index is 13.5. The van der Waals surface area contributed by atoms with Gasteiger partial charge in [0.1, 0.15) is 16.7 Å². The number of hydrogen-bond donors (Lipinski definition) is 1. The van der Waals surface area contributed by atoms with Crippen LogP contribution in [0.3, 0.4) is 0 Å². The zero-order chi connectivity index (χ0) is 30.4. The number of non-ortho nitro benzene ring substituents is 1. The molecule has 0 aromatic heterocycles. The fourth-order valence-corrected chi connectivity index (χ4v) is 5.03. The smallest absolute Gasteiger partial charge is 0.293 e. The van der Waals surface area contributed by atoms with Crippen molar-refractivity contribution in [3.63, 3.8) is 0 Å². The number of amidine groups is 1. The summed E-state index contributed by atoms with van der Waals surface area (Å²) < 4.78 is 5.46. The van der Waals surface area contributed by atoms with Crippen LogP contribution in [0.4, 0.5) is 22.7 Å². The SMILES string of the molecule is CCOc1ccc(N=C2SC(CC(=O)Nc3ccc(C)cc3[N+](=O)[O-])C(=O)N2N=C(C)c2ccc([N+](=O)[O-])cc2)cc1. The van der Waals surface area contributed by atoms with Crippen LogP contribution in [0.1, 0.15) is 31.4 Å². The van der Waals surface area contributed by atoms with E-state index in [0.29, 0.717) is 34.9 Å². The average molecular weight is 591 g/mol. The summed E-state index contributed by atoms with van der Waals surface area (Å²) in [6, 6.07) is 17.0. The number of benzene rings is 3. The molecule has 4 rings (SSSR count). The molecular weight excluding hydrogens is 564 g/mol. The molecular formula is C28H26N6O7S. The van der Waals surface area contributed by atoms with Gasteiger partial charge in [-0.15, -0.1) is 0 Å². The number of anilines is 1. The van der Waals surface area contributed by atoms with Crippen LogP contribution in [0, 0.1) is 27.2 Å². The van der Waals surface area contributed by atoms with Crippen molar-refractivity contribution in [1.29, 1.82) is 0 Å². The van der Waals surface area contributed by atoms with E-state index in [0.717, 1.165) is 16.8 Å². The van der Waals surface area contributed by atoms with E-state index in [1.807, 2.05) is 6.92 Å². The first kappa shape index (κ1) is 29.9. The zero-order valence-corrected chi connectivity index (χ0v) is 23.7. The highest BCUT2D eigenvalue weighted by molar-refractivity contribution is 8.15. The van der Waals surface area contributed by atoms with E-state index >= 15 is 0 Å². The topological polar surface area (TPSA) is 170 Å². The Morgan fingerprint density at radius 3 is 2.36 bits per heavy atom.